The van der Waals surface area contributed by atoms with Crippen molar-refractivity contribution >= 4 is 5.82 Å². The van der Waals surface area contributed by atoms with Crippen LogP contribution in [0.25, 0.3) is 11.4 Å². The summed E-state index contributed by atoms with van der Waals surface area (Å²) in [6, 6.07) is 3.51. The third-order valence-electron chi connectivity index (χ3n) is 1.97. The molecule has 0 radical (unpaired) electrons. The Morgan fingerprint density at radius 2 is 2.20 bits per heavy atom. The van der Waals surface area contributed by atoms with E-state index >= 15 is 0 Å². The average molecular weight is 204 g/mol. The number of hydrogen-bond donors (Lipinski definition) is 1. The Kier molecular flexibility index (Phi) is 2.37. The summed E-state index contributed by atoms with van der Waals surface area (Å²) in [6.07, 6.45) is 1.62. The van der Waals surface area contributed by atoms with E-state index in [4.69, 9.17) is 10.3 Å². The second-order valence-corrected chi connectivity index (χ2v) is 3.58. The Morgan fingerprint density at radius 1 is 1.40 bits per heavy atom. The minimum atomic E-state index is 0.227. The molecule has 0 aliphatic carbocycles. The minimum absolute atomic E-state index is 0.227. The average Bonchev–Trinajstić information content (AvgIpc) is 2.66. The summed E-state index contributed by atoms with van der Waals surface area (Å²) < 4.78 is 5.10. The summed E-state index contributed by atoms with van der Waals surface area (Å²) in [5, 5.41) is 3.88. The minimum Gasteiger partial charge on any atom is -0.384 e. The van der Waals surface area contributed by atoms with Crippen LogP contribution in [0.15, 0.2) is 22.9 Å². The highest BCUT2D eigenvalue weighted by Gasteiger charge is 2.11. The van der Waals surface area contributed by atoms with Crippen LogP contribution in [0.2, 0.25) is 0 Å². The van der Waals surface area contributed by atoms with Gasteiger partial charge in [-0.2, -0.15) is 4.98 Å². The third kappa shape index (κ3) is 1.96. The molecule has 2 N–H and O–H groups in total. The van der Waals surface area contributed by atoms with E-state index in [-0.39, 0.29) is 5.92 Å². The molecule has 0 aliphatic rings. The third-order valence-corrected chi connectivity index (χ3v) is 1.97. The molecule has 0 bridgehead atoms. The lowest BCUT2D eigenvalue weighted by Gasteiger charge is -1.95. The summed E-state index contributed by atoms with van der Waals surface area (Å²) >= 11 is 0. The largest absolute Gasteiger partial charge is 0.384 e. The molecule has 0 saturated carbocycles. The van der Waals surface area contributed by atoms with Crippen LogP contribution in [0.4, 0.5) is 5.82 Å². The number of nitrogens with two attached hydrogens (primary N) is 1. The van der Waals surface area contributed by atoms with Gasteiger partial charge in [0, 0.05) is 17.7 Å². The molecule has 0 aromatic carbocycles. The summed E-state index contributed by atoms with van der Waals surface area (Å²) in [7, 11) is 0. The Morgan fingerprint density at radius 3 is 2.80 bits per heavy atom. The summed E-state index contributed by atoms with van der Waals surface area (Å²) in [5.74, 6) is 1.85. The summed E-state index contributed by atoms with van der Waals surface area (Å²) in [6.45, 7) is 4.00. The fraction of sp³-hybridized carbons (Fsp3) is 0.300. The van der Waals surface area contributed by atoms with Crippen molar-refractivity contribution in [3.05, 3.63) is 24.2 Å². The van der Waals surface area contributed by atoms with Crippen LogP contribution >= 0.6 is 0 Å². The van der Waals surface area contributed by atoms with Crippen molar-refractivity contribution in [1.82, 2.24) is 15.1 Å². The molecule has 2 rings (SSSR count). The molecule has 0 atom stereocenters. The number of anilines is 1. The maximum absolute atomic E-state index is 5.57. The molecule has 0 amide bonds. The van der Waals surface area contributed by atoms with Crippen LogP contribution in [0, 0.1) is 0 Å². The maximum Gasteiger partial charge on any atom is 0.229 e. The van der Waals surface area contributed by atoms with E-state index in [0.717, 1.165) is 5.56 Å². The fourth-order valence-corrected chi connectivity index (χ4v) is 1.17. The molecule has 0 unspecified atom stereocenters. The molecular weight excluding hydrogens is 192 g/mol. The fourth-order valence-electron chi connectivity index (χ4n) is 1.17. The van der Waals surface area contributed by atoms with Crippen molar-refractivity contribution in [2.24, 2.45) is 0 Å². The van der Waals surface area contributed by atoms with Crippen LogP contribution < -0.4 is 5.73 Å². The van der Waals surface area contributed by atoms with E-state index in [9.17, 15) is 0 Å². The Bertz CT molecular complexity index is 464. The monoisotopic (exact) mass is 204 g/mol. The normalized spacial score (nSPS) is 10.9. The molecule has 0 saturated heterocycles. The summed E-state index contributed by atoms with van der Waals surface area (Å²) in [4.78, 5) is 8.16. The number of nitrogens with zero attached hydrogens (tertiary/aromatic N) is 3. The Labute approximate surface area is 87.3 Å². The Balaban J connectivity index is 2.37. The molecule has 2 aromatic heterocycles. The zero-order chi connectivity index (χ0) is 10.8. The molecule has 2 heterocycles. The first-order valence-corrected chi connectivity index (χ1v) is 4.72. The topological polar surface area (TPSA) is 77.8 Å². The number of aromatic nitrogens is 3. The van der Waals surface area contributed by atoms with Crippen LogP contribution in [0.3, 0.4) is 0 Å². The van der Waals surface area contributed by atoms with Gasteiger partial charge in [-0.25, -0.2) is 4.98 Å². The number of rotatable bonds is 2. The highest BCUT2D eigenvalue weighted by molar-refractivity contribution is 5.57. The van der Waals surface area contributed by atoms with Gasteiger partial charge in [-0.3, -0.25) is 0 Å². The van der Waals surface area contributed by atoms with Gasteiger partial charge in [0.05, 0.1) is 0 Å². The Hall–Kier alpha value is -1.91. The van der Waals surface area contributed by atoms with Gasteiger partial charge < -0.3 is 10.3 Å². The van der Waals surface area contributed by atoms with Crippen molar-refractivity contribution in [3.8, 4) is 11.4 Å². The van der Waals surface area contributed by atoms with Crippen LogP contribution in [0.5, 0.6) is 0 Å². The second-order valence-electron chi connectivity index (χ2n) is 3.58. The smallest absolute Gasteiger partial charge is 0.229 e. The van der Waals surface area contributed by atoms with Crippen LogP contribution in [0.1, 0.15) is 25.7 Å². The molecule has 0 aliphatic heterocycles. The zero-order valence-electron chi connectivity index (χ0n) is 8.64. The van der Waals surface area contributed by atoms with Crippen molar-refractivity contribution in [2.75, 3.05) is 5.73 Å². The predicted molar refractivity (Wildman–Crippen MR) is 56.0 cm³/mol. The lowest BCUT2D eigenvalue weighted by molar-refractivity contribution is 0.365. The van der Waals surface area contributed by atoms with Gasteiger partial charge in [-0.1, -0.05) is 19.0 Å². The van der Waals surface area contributed by atoms with Crippen molar-refractivity contribution in [3.63, 3.8) is 0 Å². The van der Waals surface area contributed by atoms with Gasteiger partial charge in [-0.05, 0) is 12.1 Å². The number of nitrogen functional groups attached to an aromatic ring is 1. The standard InChI is InChI=1S/C10H12N4O/c1-6(2)10-13-9(14-15-10)7-3-4-12-8(11)5-7/h3-6H,1-2H3,(H2,11,12). The molecule has 5 heteroatoms. The van der Waals surface area contributed by atoms with Gasteiger partial charge in [0.1, 0.15) is 5.82 Å². The quantitative estimate of drug-likeness (QED) is 0.807. The van der Waals surface area contributed by atoms with Crippen molar-refractivity contribution in [1.29, 1.82) is 0 Å². The SMILES string of the molecule is CC(C)c1nc(-c2ccnc(N)c2)no1. The van der Waals surface area contributed by atoms with Gasteiger partial charge >= 0.3 is 0 Å². The van der Waals surface area contributed by atoms with Gasteiger partial charge in [0.2, 0.25) is 11.7 Å². The molecule has 0 spiro atoms. The maximum atomic E-state index is 5.57. The van der Waals surface area contributed by atoms with E-state index in [1.165, 1.54) is 0 Å². The van der Waals surface area contributed by atoms with E-state index < -0.39 is 0 Å². The van der Waals surface area contributed by atoms with E-state index in [1.807, 2.05) is 13.8 Å². The molecule has 5 nitrogen and oxygen atoms in total. The molecular formula is C10H12N4O. The van der Waals surface area contributed by atoms with Crippen molar-refractivity contribution in [2.45, 2.75) is 19.8 Å². The highest BCUT2D eigenvalue weighted by atomic mass is 16.5. The van der Waals surface area contributed by atoms with E-state index in [0.29, 0.717) is 17.5 Å². The van der Waals surface area contributed by atoms with Gasteiger partial charge in [0.25, 0.3) is 0 Å². The van der Waals surface area contributed by atoms with Crippen molar-refractivity contribution < 1.29 is 4.52 Å². The number of hydrogen-bond acceptors (Lipinski definition) is 5. The molecule has 78 valence electrons. The second kappa shape index (κ2) is 3.68. The van der Waals surface area contributed by atoms with Gasteiger partial charge in [0.15, 0.2) is 0 Å². The lowest BCUT2D eigenvalue weighted by atomic mass is 10.2. The lowest BCUT2D eigenvalue weighted by Crippen LogP contribution is -1.91. The predicted octanol–water partition coefficient (Wildman–Crippen LogP) is 1.84. The van der Waals surface area contributed by atoms with Crippen LogP contribution in [-0.2, 0) is 0 Å². The first-order chi connectivity index (χ1) is 7.16. The molecule has 0 fully saturated rings. The number of pyridine rings is 1. The van der Waals surface area contributed by atoms with E-state index in [2.05, 4.69) is 15.1 Å². The first-order valence-electron chi connectivity index (χ1n) is 4.72. The first kappa shape index (κ1) is 9.64. The highest BCUT2D eigenvalue weighted by Crippen LogP contribution is 2.19. The van der Waals surface area contributed by atoms with E-state index in [1.54, 1.807) is 18.3 Å². The summed E-state index contributed by atoms with van der Waals surface area (Å²) in [5.41, 5.74) is 6.38. The zero-order valence-corrected chi connectivity index (χ0v) is 8.64. The van der Waals surface area contributed by atoms with Crippen LogP contribution in [-0.4, -0.2) is 15.1 Å². The van der Waals surface area contributed by atoms with Gasteiger partial charge in [-0.15, -0.1) is 0 Å². The molecule has 15 heavy (non-hydrogen) atoms. The molecule has 2 aromatic rings.